The van der Waals surface area contributed by atoms with Crippen molar-refractivity contribution in [2.75, 3.05) is 25.0 Å². The van der Waals surface area contributed by atoms with Crippen molar-refractivity contribution in [1.82, 2.24) is 14.9 Å². The summed E-state index contributed by atoms with van der Waals surface area (Å²) in [5.74, 6) is 1.05. The summed E-state index contributed by atoms with van der Waals surface area (Å²) in [5, 5.41) is 3.23. The van der Waals surface area contributed by atoms with Crippen LogP contribution in [0.1, 0.15) is 32.9 Å². The molecule has 0 saturated carbocycles. The topological polar surface area (TPSA) is 67.4 Å². The first-order chi connectivity index (χ1) is 9.83. The van der Waals surface area contributed by atoms with Crippen LogP contribution in [0.2, 0.25) is 0 Å². The van der Waals surface area contributed by atoms with Gasteiger partial charge in [0.2, 0.25) is 5.95 Å². The van der Waals surface area contributed by atoms with Gasteiger partial charge in [-0.15, -0.1) is 0 Å². The molecule has 1 amide bonds. The van der Waals surface area contributed by atoms with Crippen molar-refractivity contribution in [3.63, 3.8) is 0 Å². The summed E-state index contributed by atoms with van der Waals surface area (Å²) in [6, 6.07) is 1.87. The van der Waals surface area contributed by atoms with E-state index in [4.69, 9.17) is 4.74 Å². The average molecular weight is 292 g/mol. The Bertz CT molecular complexity index is 499. The second-order valence-electron chi connectivity index (χ2n) is 6.48. The van der Waals surface area contributed by atoms with E-state index in [1.807, 2.05) is 33.8 Å². The van der Waals surface area contributed by atoms with Gasteiger partial charge in [0, 0.05) is 31.5 Å². The van der Waals surface area contributed by atoms with Gasteiger partial charge in [-0.3, -0.25) is 0 Å². The molecule has 2 rings (SSSR count). The molecule has 1 atom stereocenters. The molecule has 0 radical (unpaired) electrons. The Balaban J connectivity index is 1.79. The molecule has 1 aliphatic heterocycles. The van der Waals surface area contributed by atoms with E-state index >= 15 is 0 Å². The minimum absolute atomic E-state index is 0.225. The Morgan fingerprint density at radius 3 is 2.95 bits per heavy atom. The number of rotatable bonds is 3. The van der Waals surface area contributed by atoms with E-state index in [0.29, 0.717) is 18.4 Å². The molecule has 0 bridgehead atoms. The number of nitrogens with one attached hydrogen (secondary N) is 1. The molecule has 6 heteroatoms. The second kappa shape index (κ2) is 6.28. The smallest absolute Gasteiger partial charge is 0.410 e. The Hall–Kier alpha value is -1.85. The summed E-state index contributed by atoms with van der Waals surface area (Å²) in [4.78, 5) is 22.2. The fraction of sp³-hybridized carbons (Fsp3) is 0.667. The molecule has 116 valence electrons. The van der Waals surface area contributed by atoms with Gasteiger partial charge in [-0.1, -0.05) is 0 Å². The number of carbonyl (C=O) groups excluding carboxylic acids is 1. The molecule has 0 spiro atoms. The predicted octanol–water partition coefficient (Wildman–Crippen LogP) is 2.45. The fourth-order valence-electron chi connectivity index (χ4n) is 2.26. The lowest BCUT2D eigenvalue weighted by molar-refractivity contribution is 0.0289. The lowest BCUT2D eigenvalue weighted by Gasteiger charge is -2.24. The summed E-state index contributed by atoms with van der Waals surface area (Å²) < 4.78 is 5.39. The van der Waals surface area contributed by atoms with Gasteiger partial charge in [-0.25, -0.2) is 14.8 Å². The Kier molecular flexibility index (Phi) is 4.65. The van der Waals surface area contributed by atoms with E-state index in [-0.39, 0.29) is 6.09 Å². The number of ether oxygens (including phenoxy) is 1. The molecule has 2 heterocycles. The average Bonchev–Trinajstić information content (AvgIpc) is 2.83. The normalized spacial score (nSPS) is 18.7. The summed E-state index contributed by atoms with van der Waals surface area (Å²) >= 11 is 0. The lowest BCUT2D eigenvalue weighted by Crippen LogP contribution is -2.35. The second-order valence-corrected chi connectivity index (χ2v) is 6.48. The molecule has 1 N–H and O–H groups in total. The van der Waals surface area contributed by atoms with E-state index in [0.717, 1.165) is 25.2 Å². The number of amides is 1. The first-order valence-corrected chi connectivity index (χ1v) is 7.35. The van der Waals surface area contributed by atoms with Crippen LogP contribution in [0.5, 0.6) is 0 Å². The van der Waals surface area contributed by atoms with Crippen molar-refractivity contribution in [2.45, 2.75) is 39.7 Å². The fourth-order valence-corrected chi connectivity index (χ4v) is 2.26. The number of aromatic nitrogens is 2. The highest BCUT2D eigenvalue weighted by molar-refractivity contribution is 5.68. The third kappa shape index (κ3) is 4.88. The van der Waals surface area contributed by atoms with Crippen LogP contribution >= 0.6 is 0 Å². The number of anilines is 1. The van der Waals surface area contributed by atoms with Crippen molar-refractivity contribution in [3.8, 4) is 0 Å². The molecule has 21 heavy (non-hydrogen) atoms. The van der Waals surface area contributed by atoms with Gasteiger partial charge in [0.05, 0.1) is 0 Å². The summed E-state index contributed by atoms with van der Waals surface area (Å²) in [5.41, 5.74) is 0.498. The Morgan fingerprint density at radius 2 is 2.29 bits per heavy atom. The van der Waals surface area contributed by atoms with Gasteiger partial charge in [-0.05, 0) is 46.1 Å². The van der Waals surface area contributed by atoms with Crippen LogP contribution in [0.15, 0.2) is 12.3 Å². The van der Waals surface area contributed by atoms with Crippen molar-refractivity contribution < 1.29 is 9.53 Å². The van der Waals surface area contributed by atoms with Crippen LogP contribution < -0.4 is 5.32 Å². The molecule has 1 fully saturated rings. The molecule has 1 unspecified atom stereocenters. The summed E-state index contributed by atoms with van der Waals surface area (Å²) in [6.45, 7) is 9.82. The maximum absolute atomic E-state index is 12.0. The molecule has 1 aromatic rings. The predicted molar refractivity (Wildman–Crippen MR) is 81.2 cm³/mol. The number of hydrogen-bond acceptors (Lipinski definition) is 5. The molecular weight excluding hydrogens is 268 g/mol. The number of hydrogen-bond donors (Lipinski definition) is 1. The first kappa shape index (κ1) is 15.5. The number of likely N-dealkylation sites (tertiary alicyclic amines) is 1. The van der Waals surface area contributed by atoms with Crippen molar-refractivity contribution in [2.24, 2.45) is 5.92 Å². The highest BCUT2D eigenvalue weighted by Gasteiger charge is 2.29. The number of carbonyl (C=O) groups is 1. The zero-order valence-corrected chi connectivity index (χ0v) is 13.2. The van der Waals surface area contributed by atoms with Crippen LogP contribution in [0.25, 0.3) is 0 Å². The van der Waals surface area contributed by atoms with E-state index in [9.17, 15) is 4.79 Å². The Morgan fingerprint density at radius 1 is 1.52 bits per heavy atom. The van der Waals surface area contributed by atoms with E-state index in [2.05, 4.69) is 15.3 Å². The zero-order chi connectivity index (χ0) is 15.5. The number of nitrogens with zero attached hydrogens (tertiary/aromatic N) is 3. The maximum Gasteiger partial charge on any atom is 0.410 e. The van der Waals surface area contributed by atoms with Crippen molar-refractivity contribution in [3.05, 3.63) is 18.0 Å². The van der Waals surface area contributed by atoms with Crippen molar-refractivity contribution >= 4 is 12.0 Å². The molecule has 6 nitrogen and oxygen atoms in total. The maximum atomic E-state index is 12.0. The van der Waals surface area contributed by atoms with Gasteiger partial charge in [-0.2, -0.15) is 0 Å². The van der Waals surface area contributed by atoms with E-state index in [1.54, 1.807) is 11.1 Å². The van der Waals surface area contributed by atoms with Crippen LogP contribution in [0, 0.1) is 12.8 Å². The largest absolute Gasteiger partial charge is 0.444 e. The zero-order valence-electron chi connectivity index (χ0n) is 13.2. The molecule has 0 aromatic carbocycles. The molecular formula is C15H24N4O2. The van der Waals surface area contributed by atoms with Crippen molar-refractivity contribution in [1.29, 1.82) is 0 Å². The third-order valence-corrected chi connectivity index (χ3v) is 3.28. The molecule has 1 aromatic heterocycles. The van der Waals surface area contributed by atoms with E-state index in [1.165, 1.54) is 0 Å². The standard InChI is InChI=1S/C15H24N4O2/c1-11-5-7-16-13(18-11)17-9-12-6-8-19(10-12)14(20)21-15(2,3)4/h5,7,12H,6,8-10H2,1-4H3,(H,16,17,18). The highest BCUT2D eigenvalue weighted by Crippen LogP contribution is 2.19. The number of aryl methyl sites for hydroxylation is 1. The summed E-state index contributed by atoms with van der Waals surface area (Å²) in [6.07, 6.45) is 2.49. The highest BCUT2D eigenvalue weighted by atomic mass is 16.6. The van der Waals surface area contributed by atoms with Gasteiger partial charge in [0.25, 0.3) is 0 Å². The third-order valence-electron chi connectivity index (χ3n) is 3.28. The van der Waals surface area contributed by atoms with Gasteiger partial charge in [0.15, 0.2) is 0 Å². The first-order valence-electron chi connectivity index (χ1n) is 7.35. The van der Waals surface area contributed by atoms with Crippen LogP contribution in [-0.2, 0) is 4.74 Å². The Labute approximate surface area is 125 Å². The minimum Gasteiger partial charge on any atom is -0.444 e. The minimum atomic E-state index is -0.442. The van der Waals surface area contributed by atoms with Gasteiger partial charge in [0.1, 0.15) is 5.60 Å². The molecule has 1 saturated heterocycles. The summed E-state index contributed by atoms with van der Waals surface area (Å²) in [7, 11) is 0. The SMILES string of the molecule is Cc1ccnc(NCC2CCN(C(=O)OC(C)(C)C)C2)n1. The van der Waals surface area contributed by atoms with Gasteiger partial charge < -0.3 is 15.0 Å². The lowest BCUT2D eigenvalue weighted by atomic mass is 10.1. The quantitative estimate of drug-likeness (QED) is 0.927. The van der Waals surface area contributed by atoms with Crippen LogP contribution in [-0.4, -0.2) is 46.2 Å². The molecule has 1 aliphatic rings. The van der Waals surface area contributed by atoms with E-state index < -0.39 is 5.60 Å². The van der Waals surface area contributed by atoms with Crippen LogP contribution in [0.3, 0.4) is 0 Å². The van der Waals surface area contributed by atoms with Crippen LogP contribution in [0.4, 0.5) is 10.7 Å². The molecule has 0 aliphatic carbocycles. The monoisotopic (exact) mass is 292 g/mol. The van der Waals surface area contributed by atoms with Gasteiger partial charge >= 0.3 is 6.09 Å².